The van der Waals surface area contributed by atoms with E-state index in [2.05, 4.69) is 17.1 Å². The van der Waals surface area contributed by atoms with E-state index in [1.165, 1.54) is 6.42 Å². The number of primary amides is 1. The van der Waals surface area contributed by atoms with Crippen LogP contribution < -0.4 is 11.1 Å². The van der Waals surface area contributed by atoms with Crippen LogP contribution in [-0.4, -0.2) is 42.5 Å². The summed E-state index contributed by atoms with van der Waals surface area (Å²) in [7, 11) is 0. The van der Waals surface area contributed by atoms with E-state index in [1.807, 2.05) is 0 Å². The zero-order chi connectivity index (χ0) is 12.3. The monoisotopic (exact) mass is 239 g/mol. The highest BCUT2D eigenvalue weighted by Crippen LogP contribution is 2.40. The lowest BCUT2D eigenvalue weighted by Gasteiger charge is -2.50. The second-order valence-corrected chi connectivity index (χ2v) is 5.38. The van der Waals surface area contributed by atoms with Crippen molar-refractivity contribution >= 4 is 5.91 Å². The number of nitrogens with two attached hydrogens (primary N) is 1. The van der Waals surface area contributed by atoms with Crippen LogP contribution in [0, 0.1) is 5.92 Å². The molecule has 2 aliphatic rings. The van der Waals surface area contributed by atoms with Gasteiger partial charge in [0.15, 0.2) is 0 Å². The van der Waals surface area contributed by atoms with E-state index in [0.717, 1.165) is 51.9 Å². The van der Waals surface area contributed by atoms with Gasteiger partial charge in [-0.3, -0.25) is 9.69 Å². The summed E-state index contributed by atoms with van der Waals surface area (Å²) >= 11 is 0. The van der Waals surface area contributed by atoms with Crippen molar-refractivity contribution in [3.05, 3.63) is 0 Å². The maximum Gasteiger partial charge on any atom is 0.238 e. The van der Waals surface area contributed by atoms with Crippen LogP contribution in [0.4, 0.5) is 0 Å². The summed E-state index contributed by atoms with van der Waals surface area (Å²) in [6, 6.07) is 0. The Morgan fingerprint density at radius 2 is 2.12 bits per heavy atom. The molecule has 0 aromatic heterocycles. The number of nitrogens with zero attached hydrogens (tertiary/aromatic N) is 1. The molecule has 1 aliphatic carbocycles. The molecule has 3 N–H and O–H groups in total. The van der Waals surface area contributed by atoms with Crippen molar-refractivity contribution in [2.45, 2.75) is 44.6 Å². The first kappa shape index (κ1) is 12.8. The van der Waals surface area contributed by atoms with Gasteiger partial charge in [0.1, 0.15) is 5.54 Å². The predicted molar refractivity (Wildman–Crippen MR) is 68.6 cm³/mol. The molecule has 17 heavy (non-hydrogen) atoms. The second kappa shape index (κ2) is 5.36. The zero-order valence-electron chi connectivity index (χ0n) is 10.9. The molecule has 0 bridgehead atoms. The van der Waals surface area contributed by atoms with E-state index in [1.54, 1.807) is 0 Å². The molecule has 0 aromatic rings. The van der Waals surface area contributed by atoms with Crippen LogP contribution in [0.5, 0.6) is 0 Å². The third-order valence-electron chi connectivity index (χ3n) is 4.64. The van der Waals surface area contributed by atoms with Crippen LogP contribution in [0.1, 0.15) is 39.0 Å². The molecule has 1 amide bonds. The van der Waals surface area contributed by atoms with Gasteiger partial charge in [-0.25, -0.2) is 0 Å². The topological polar surface area (TPSA) is 58.4 Å². The quantitative estimate of drug-likeness (QED) is 0.763. The van der Waals surface area contributed by atoms with E-state index < -0.39 is 0 Å². The summed E-state index contributed by atoms with van der Waals surface area (Å²) in [4.78, 5) is 14.5. The molecular formula is C13H25N3O. The highest BCUT2D eigenvalue weighted by molar-refractivity contribution is 5.85. The van der Waals surface area contributed by atoms with Gasteiger partial charge >= 0.3 is 0 Å². The third-order valence-corrected chi connectivity index (χ3v) is 4.64. The summed E-state index contributed by atoms with van der Waals surface area (Å²) in [5, 5.41) is 3.35. The molecule has 0 radical (unpaired) electrons. The highest BCUT2D eigenvalue weighted by atomic mass is 16.1. The first-order valence-electron chi connectivity index (χ1n) is 6.97. The van der Waals surface area contributed by atoms with Gasteiger partial charge in [-0.1, -0.05) is 26.2 Å². The number of piperazine rings is 1. The number of rotatable bonds is 3. The van der Waals surface area contributed by atoms with Gasteiger partial charge in [-0.05, 0) is 18.8 Å². The molecule has 1 saturated carbocycles. The average molecular weight is 239 g/mol. The molecule has 0 aromatic carbocycles. The van der Waals surface area contributed by atoms with Crippen molar-refractivity contribution in [2.75, 3.05) is 26.2 Å². The number of carbonyl (C=O) groups excluding carboxylic acids is 1. The SMILES string of the molecule is CCC1CCCCC1(C(N)=O)N1CCNCC1. The lowest BCUT2D eigenvalue weighted by atomic mass is 9.69. The first-order chi connectivity index (χ1) is 8.21. The number of nitrogens with one attached hydrogen (secondary N) is 1. The fourth-order valence-corrected chi connectivity index (χ4v) is 3.73. The van der Waals surface area contributed by atoms with E-state index in [4.69, 9.17) is 5.73 Å². The van der Waals surface area contributed by atoms with Crippen LogP contribution in [0.3, 0.4) is 0 Å². The average Bonchev–Trinajstić information content (AvgIpc) is 2.39. The van der Waals surface area contributed by atoms with Crippen LogP contribution >= 0.6 is 0 Å². The molecule has 2 rings (SSSR count). The van der Waals surface area contributed by atoms with Crippen molar-refractivity contribution in [3.8, 4) is 0 Å². The fourth-order valence-electron chi connectivity index (χ4n) is 3.73. The molecule has 2 unspecified atom stereocenters. The smallest absolute Gasteiger partial charge is 0.238 e. The minimum Gasteiger partial charge on any atom is -0.368 e. The molecule has 4 heteroatoms. The number of amides is 1. The summed E-state index contributed by atoms with van der Waals surface area (Å²) in [5.41, 5.74) is 5.45. The van der Waals surface area contributed by atoms with Gasteiger partial charge in [-0.2, -0.15) is 0 Å². The first-order valence-corrected chi connectivity index (χ1v) is 6.97. The number of hydrogen-bond donors (Lipinski definition) is 2. The molecule has 1 heterocycles. The largest absolute Gasteiger partial charge is 0.368 e. The van der Waals surface area contributed by atoms with Crippen LogP contribution in [0.25, 0.3) is 0 Å². The normalized spacial score (nSPS) is 35.7. The molecule has 4 nitrogen and oxygen atoms in total. The van der Waals surface area contributed by atoms with Gasteiger partial charge in [0, 0.05) is 26.2 Å². The summed E-state index contributed by atoms with van der Waals surface area (Å²) < 4.78 is 0. The molecule has 2 atom stereocenters. The lowest BCUT2D eigenvalue weighted by Crippen LogP contribution is -2.66. The Morgan fingerprint density at radius 3 is 2.71 bits per heavy atom. The Morgan fingerprint density at radius 1 is 1.41 bits per heavy atom. The van der Waals surface area contributed by atoms with Crippen LogP contribution in [-0.2, 0) is 4.79 Å². The van der Waals surface area contributed by atoms with Gasteiger partial charge in [0.2, 0.25) is 5.91 Å². The van der Waals surface area contributed by atoms with Crippen molar-refractivity contribution in [2.24, 2.45) is 11.7 Å². The van der Waals surface area contributed by atoms with E-state index >= 15 is 0 Å². The molecule has 1 saturated heterocycles. The maximum absolute atomic E-state index is 12.1. The molecular weight excluding hydrogens is 214 g/mol. The van der Waals surface area contributed by atoms with Crippen molar-refractivity contribution in [1.29, 1.82) is 0 Å². The van der Waals surface area contributed by atoms with Crippen LogP contribution in [0.15, 0.2) is 0 Å². The molecule has 0 spiro atoms. The van der Waals surface area contributed by atoms with Gasteiger partial charge in [0.05, 0.1) is 0 Å². The minimum atomic E-state index is -0.352. The molecule has 98 valence electrons. The summed E-state index contributed by atoms with van der Waals surface area (Å²) in [6.45, 7) is 6.06. The van der Waals surface area contributed by atoms with Gasteiger partial charge in [0.25, 0.3) is 0 Å². The Bertz CT molecular complexity index is 276. The third kappa shape index (κ3) is 2.20. The standard InChI is InChI=1S/C13H25N3O/c1-2-11-5-3-4-6-13(11,12(14)17)16-9-7-15-8-10-16/h11,15H,2-10H2,1H3,(H2,14,17). The van der Waals surface area contributed by atoms with Crippen LogP contribution in [0.2, 0.25) is 0 Å². The van der Waals surface area contributed by atoms with Gasteiger partial charge < -0.3 is 11.1 Å². The summed E-state index contributed by atoms with van der Waals surface area (Å²) in [5.74, 6) is 0.359. The predicted octanol–water partition coefficient (Wildman–Crippen LogP) is 0.716. The second-order valence-electron chi connectivity index (χ2n) is 5.38. The van der Waals surface area contributed by atoms with Gasteiger partial charge in [-0.15, -0.1) is 0 Å². The Hall–Kier alpha value is -0.610. The molecule has 2 fully saturated rings. The Labute approximate surface area is 104 Å². The highest BCUT2D eigenvalue weighted by Gasteiger charge is 2.49. The number of hydrogen-bond acceptors (Lipinski definition) is 3. The van der Waals surface area contributed by atoms with E-state index in [0.29, 0.717) is 5.92 Å². The molecule has 1 aliphatic heterocycles. The van der Waals surface area contributed by atoms with E-state index in [-0.39, 0.29) is 11.4 Å². The minimum absolute atomic E-state index is 0.0917. The lowest BCUT2D eigenvalue weighted by molar-refractivity contribution is -0.138. The fraction of sp³-hybridized carbons (Fsp3) is 0.923. The van der Waals surface area contributed by atoms with E-state index in [9.17, 15) is 4.79 Å². The number of carbonyl (C=O) groups is 1. The maximum atomic E-state index is 12.1. The van der Waals surface area contributed by atoms with Crippen molar-refractivity contribution in [1.82, 2.24) is 10.2 Å². The van der Waals surface area contributed by atoms with Crippen molar-refractivity contribution in [3.63, 3.8) is 0 Å². The zero-order valence-corrected chi connectivity index (χ0v) is 10.9. The Kier molecular flexibility index (Phi) is 4.05. The summed E-state index contributed by atoms with van der Waals surface area (Å²) in [6.07, 6.45) is 5.57. The Balaban J connectivity index is 2.25. The van der Waals surface area contributed by atoms with Crippen molar-refractivity contribution < 1.29 is 4.79 Å².